The summed E-state index contributed by atoms with van der Waals surface area (Å²) in [5.74, 6) is 0.248. The second-order valence-electron chi connectivity index (χ2n) is 3.53. The molecule has 0 aromatic heterocycles. The van der Waals surface area contributed by atoms with E-state index in [4.69, 9.17) is 5.73 Å². The van der Waals surface area contributed by atoms with E-state index < -0.39 is 0 Å². The summed E-state index contributed by atoms with van der Waals surface area (Å²) in [7, 11) is 0. The molecular formula is C13H12BrNO. The lowest BCUT2D eigenvalue weighted by Gasteiger charge is -2.07. The van der Waals surface area contributed by atoms with Gasteiger partial charge in [-0.2, -0.15) is 0 Å². The Hall–Kier alpha value is -1.32. The summed E-state index contributed by atoms with van der Waals surface area (Å²) in [5.41, 5.74) is 8.46. The predicted molar refractivity (Wildman–Crippen MR) is 69.1 cm³/mol. The molecule has 0 aliphatic heterocycles. The molecule has 0 aliphatic rings. The van der Waals surface area contributed by atoms with Crippen LogP contribution < -0.4 is 5.73 Å². The number of hydrogen-bond acceptors (Lipinski definition) is 2. The first-order valence-corrected chi connectivity index (χ1v) is 5.78. The van der Waals surface area contributed by atoms with Gasteiger partial charge in [0.25, 0.3) is 0 Å². The quantitative estimate of drug-likeness (QED) is 0.885. The maximum absolute atomic E-state index is 9.56. The summed E-state index contributed by atoms with van der Waals surface area (Å²) >= 11 is 3.50. The predicted octanol–water partition coefficient (Wildman–Crippen LogP) is 3.28. The van der Waals surface area contributed by atoms with Crippen molar-refractivity contribution in [3.05, 3.63) is 52.5 Å². The Kier molecular flexibility index (Phi) is 3.27. The number of benzene rings is 2. The van der Waals surface area contributed by atoms with E-state index in [1.807, 2.05) is 36.4 Å². The molecule has 82 valence electrons. The van der Waals surface area contributed by atoms with Crippen molar-refractivity contribution in [2.24, 2.45) is 5.73 Å². The normalized spacial score (nSPS) is 10.4. The van der Waals surface area contributed by atoms with E-state index in [2.05, 4.69) is 15.9 Å². The minimum atomic E-state index is 0.248. The molecule has 3 heteroatoms. The van der Waals surface area contributed by atoms with Crippen molar-refractivity contribution >= 4 is 15.9 Å². The number of nitrogens with two attached hydrogens (primary N) is 1. The van der Waals surface area contributed by atoms with Crippen molar-refractivity contribution in [2.45, 2.75) is 6.54 Å². The van der Waals surface area contributed by atoms with Crippen LogP contribution in [-0.4, -0.2) is 5.11 Å². The molecule has 0 fully saturated rings. The molecule has 2 nitrogen and oxygen atoms in total. The fourth-order valence-corrected chi connectivity index (χ4v) is 2.13. The molecule has 2 aromatic carbocycles. The van der Waals surface area contributed by atoms with Crippen LogP contribution in [0.4, 0.5) is 0 Å². The number of phenols is 1. The van der Waals surface area contributed by atoms with Crippen molar-refractivity contribution in [2.75, 3.05) is 0 Å². The van der Waals surface area contributed by atoms with Gasteiger partial charge >= 0.3 is 0 Å². The third-order valence-corrected chi connectivity index (χ3v) is 3.18. The minimum Gasteiger partial charge on any atom is -0.508 e. The highest BCUT2D eigenvalue weighted by atomic mass is 79.9. The van der Waals surface area contributed by atoms with Crippen LogP contribution in [0.1, 0.15) is 5.56 Å². The Morgan fingerprint density at radius 3 is 2.56 bits per heavy atom. The third kappa shape index (κ3) is 2.10. The van der Waals surface area contributed by atoms with E-state index in [9.17, 15) is 5.11 Å². The summed E-state index contributed by atoms with van der Waals surface area (Å²) in [4.78, 5) is 0. The van der Waals surface area contributed by atoms with Gasteiger partial charge in [-0.3, -0.25) is 0 Å². The molecular weight excluding hydrogens is 266 g/mol. The van der Waals surface area contributed by atoms with Gasteiger partial charge in [0.2, 0.25) is 0 Å². The Balaban J connectivity index is 2.53. The van der Waals surface area contributed by atoms with Gasteiger partial charge in [0.15, 0.2) is 0 Å². The standard InChI is InChI=1S/C13H12BrNO/c14-12-4-2-1-3-11(12)9-5-6-13(16)10(7-9)8-15/h1-7,16H,8,15H2. The highest BCUT2D eigenvalue weighted by Crippen LogP contribution is 2.30. The summed E-state index contributed by atoms with van der Waals surface area (Å²) in [6, 6.07) is 13.4. The van der Waals surface area contributed by atoms with Crippen molar-refractivity contribution in [3.8, 4) is 16.9 Å². The number of aromatic hydroxyl groups is 1. The van der Waals surface area contributed by atoms with Crippen molar-refractivity contribution < 1.29 is 5.11 Å². The van der Waals surface area contributed by atoms with E-state index in [1.165, 1.54) is 0 Å². The summed E-state index contributed by atoms with van der Waals surface area (Å²) in [6.07, 6.45) is 0. The van der Waals surface area contributed by atoms with Crippen LogP contribution >= 0.6 is 15.9 Å². The van der Waals surface area contributed by atoms with Crippen LogP contribution in [-0.2, 0) is 6.54 Å². The molecule has 0 bridgehead atoms. The maximum atomic E-state index is 9.56. The number of halogens is 1. The molecule has 3 N–H and O–H groups in total. The smallest absolute Gasteiger partial charge is 0.120 e. The molecule has 0 spiro atoms. The van der Waals surface area contributed by atoms with E-state index in [0.29, 0.717) is 6.54 Å². The van der Waals surface area contributed by atoms with E-state index in [-0.39, 0.29) is 5.75 Å². The molecule has 2 rings (SSSR count). The van der Waals surface area contributed by atoms with Gasteiger partial charge in [-0.05, 0) is 29.3 Å². The molecule has 0 aliphatic carbocycles. The van der Waals surface area contributed by atoms with Gasteiger partial charge in [0, 0.05) is 16.6 Å². The zero-order chi connectivity index (χ0) is 11.5. The van der Waals surface area contributed by atoms with Gasteiger partial charge in [0.1, 0.15) is 5.75 Å². The lowest BCUT2D eigenvalue weighted by Crippen LogP contribution is -1.96. The Labute approximate surface area is 103 Å². The molecule has 0 heterocycles. The number of rotatable bonds is 2. The number of phenolic OH excluding ortho intramolecular Hbond substituents is 1. The van der Waals surface area contributed by atoms with Crippen LogP contribution in [0.25, 0.3) is 11.1 Å². The zero-order valence-electron chi connectivity index (χ0n) is 8.65. The van der Waals surface area contributed by atoms with Crippen molar-refractivity contribution in [1.82, 2.24) is 0 Å². The van der Waals surface area contributed by atoms with Gasteiger partial charge < -0.3 is 10.8 Å². The largest absolute Gasteiger partial charge is 0.508 e. The lowest BCUT2D eigenvalue weighted by molar-refractivity contribution is 0.468. The van der Waals surface area contributed by atoms with Gasteiger partial charge in [-0.1, -0.05) is 40.2 Å². The molecule has 0 radical (unpaired) electrons. The van der Waals surface area contributed by atoms with Crippen LogP contribution in [0.15, 0.2) is 46.9 Å². The highest BCUT2D eigenvalue weighted by Gasteiger charge is 2.05. The second-order valence-corrected chi connectivity index (χ2v) is 4.38. The average Bonchev–Trinajstić information content (AvgIpc) is 2.31. The monoisotopic (exact) mass is 277 g/mol. The summed E-state index contributed by atoms with van der Waals surface area (Å²) in [6.45, 7) is 0.337. The topological polar surface area (TPSA) is 46.2 Å². The summed E-state index contributed by atoms with van der Waals surface area (Å²) in [5, 5.41) is 9.56. The van der Waals surface area contributed by atoms with Crippen LogP contribution in [0.3, 0.4) is 0 Å². The molecule has 2 aromatic rings. The Bertz CT molecular complexity index is 511. The first-order chi connectivity index (χ1) is 7.72. The average molecular weight is 278 g/mol. The molecule has 0 amide bonds. The van der Waals surface area contributed by atoms with Crippen LogP contribution in [0.5, 0.6) is 5.75 Å². The fraction of sp³-hybridized carbons (Fsp3) is 0.0769. The summed E-state index contributed by atoms with van der Waals surface area (Å²) < 4.78 is 1.03. The van der Waals surface area contributed by atoms with E-state index >= 15 is 0 Å². The van der Waals surface area contributed by atoms with E-state index in [1.54, 1.807) is 6.07 Å². The van der Waals surface area contributed by atoms with Crippen LogP contribution in [0, 0.1) is 0 Å². The minimum absolute atomic E-state index is 0.248. The molecule has 0 saturated carbocycles. The van der Waals surface area contributed by atoms with E-state index in [0.717, 1.165) is 21.2 Å². The van der Waals surface area contributed by atoms with Gasteiger partial charge in [-0.25, -0.2) is 0 Å². The second kappa shape index (κ2) is 4.68. The van der Waals surface area contributed by atoms with Crippen molar-refractivity contribution in [3.63, 3.8) is 0 Å². The molecule has 16 heavy (non-hydrogen) atoms. The Morgan fingerprint density at radius 2 is 1.88 bits per heavy atom. The van der Waals surface area contributed by atoms with Crippen molar-refractivity contribution in [1.29, 1.82) is 0 Å². The third-order valence-electron chi connectivity index (χ3n) is 2.48. The lowest BCUT2D eigenvalue weighted by atomic mass is 10.0. The number of hydrogen-bond donors (Lipinski definition) is 2. The van der Waals surface area contributed by atoms with Gasteiger partial charge in [-0.15, -0.1) is 0 Å². The first-order valence-electron chi connectivity index (χ1n) is 4.99. The molecule has 0 atom stereocenters. The van der Waals surface area contributed by atoms with Crippen LogP contribution in [0.2, 0.25) is 0 Å². The SMILES string of the molecule is NCc1cc(-c2ccccc2Br)ccc1O. The zero-order valence-corrected chi connectivity index (χ0v) is 10.2. The first kappa shape index (κ1) is 11.2. The maximum Gasteiger partial charge on any atom is 0.120 e. The fourth-order valence-electron chi connectivity index (χ4n) is 1.61. The highest BCUT2D eigenvalue weighted by molar-refractivity contribution is 9.10. The molecule has 0 unspecified atom stereocenters. The van der Waals surface area contributed by atoms with Gasteiger partial charge in [0.05, 0.1) is 0 Å². The Morgan fingerprint density at radius 1 is 1.12 bits per heavy atom. The molecule has 0 saturated heterocycles.